The highest BCUT2D eigenvalue weighted by Gasteiger charge is 2.26. The molecule has 0 saturated carbocycles. The lowest BCUT2D eigenvalue weighted by molar-refractivity contribution is 0.00362. The van der Waals surface area contributed by atoms with E-state index in [1.54, 1.807) is 29.2 Å². The minimum Gasteiger partial charge on any atom is -0.375 e. The number of ether oxygens (including phenoxy) is 1. The fraction of sp³-hybridized carbons (Fsp3) is 0.348. The van der Waals surface area contributed by atoms with Gasteiger partial charge in [0.05, 0.1) is 29.4 Å². The van der Waals surface area contributed by atoms with Crippen molar-refractivity contribution >= 4 is 16.7 Å². The number of nitrogens with zero attached hydrogens (tertiary/aromatic N) is 2. The van der Waals surface area contributed by atoms with E-state index >= 15 is 0 Å². The molecule has 0 bridgehead atoms. The number of aromatic amines is 1. The molecule has 1 aliphatic heterocycles. The number of piperidine rings is 1. The molecule has 4 rings (SSSR count). The van der Waals surface area contributed by atoms with E-state index in [2.05, 4.69) is 10.2 Å². The van der Waals surface area contributed by atoms with Crippen LogP contribution in [0.4, 0.5) is 8.78 Å². The number of amides is 1. The molecule has 1 amide bonds. The summed E-state index contributed by atoms with van der Waals surface area (Å²) in [5, 5.41) is 7.90. The Morgan fingerprint density at radius 3 is 2.65 bits per heavy atom. The van der Waals surface area contributed by atoms with Gasteiger partial charge in [0.15, 0.2) is 0 Å². The van der Waals surface area contributed by atoms with E-state index in [9.17, 15) is 18.4 Å². The molecule has 3 aromatic rings. The highest BCUT2D eigenvalue weighted by molar-refractivity contribution is 5.94. The second-order valence-electron chi connectivity index (χ2n) is 7.59. The van der Waals surface area contributed by atoms with Crippen molar-refractivity contribution in [2.45, 2.75) is 25.4 Å². The Balaban J connectivity index is 1.53. The molecule has 2 heterocycles. The third-order valence-corrected chi connectivity index (χ3v) is 5.57. The maximum Gasteiger partial charge on any atom is 0.272 e. The van der Waals surface area contributed by atoms with E-state index in [1.807, 2.05) is 12.1 Å². The van der Waals surface area contributed by atoms with Crippen molar-refractivity contribution < 1.29 is 18.3 Å². The number of carbonyl (C=O) groups excluding carboxylic acids is 1. The standard InChI is InChI=1S/C23H23F2N3O3/c24-9-12-31-16-7-10-28(11-8-16)23(30)19-13-15(5-6-20(19)25)14-21-17-3-1-2-4-18(17)22(29)27-26-21/h1-6,13,16H,7-12,14H2,(H,27,29)/i24-1. The molecule has 1 aliphatic rings. The zero-order chi connectivity index (χ0) is 21.8. The molecule has 0 atom stereocenters. The van der Waals surface area contributed by atoms with Crippen LogP contribution in [0, 0.1) is 5.82 Å². The van der Waals surface area contributed by atoms with Gasteiger partial charge in [-0.05, 0) is 36.6 Å². The first-order chi connectivity index (χ1) is 15.1. The van der Waals surface area contributed by atoms with Gasteiger partial charge in [-0.3, -0.25) is 9.59 Å². The molecule has 31 heavy (non-hydrogen) atoms. The zero-order valence-electron chi connectivity index (χ0n) is 16.9. The van der Waals surface area contributed by atoms with Crippen LogP contribution in [0.2, 0.25) is 0 Å². The van der Waals surface area contributed by atoms with Crippen LogP contribution in [-0.2, 0) is 11.2 Å². The third-order valence-electron chi connectivity index (χ3n) is 5.57. The van der Waals surface area contributed by atoms with Crippen molar-refractivity contribution in [1.29, 1.82) is 0 Å². The second-order valence-corrected chi connectivity index (χ2v) is 7.59. The highest BCUT2D eigenvalue weighted by atomic mass is 19.1. The number of hydrogen-bond acceptors (Lipinski definition) is 4. The summed E-state index contributed by atoms with van der Waals surface area (Å²) in [6.07, 6.45) is 1.47. The van der Waals surface area contributed by atoms with Crippen molar-refractivity contribution in [3.05, 3.63) is 75.5 Å². The monoisotopic (exact) mass is 426 g/mol. The van der Waals surface area contributed by atoms with Gasteiger partial charge >= 0.3 is 0 Å². The predicted molar refractivity (Wildman–Crippen MR) is 112 cm³/mol. The summed E-state index contributed by atoms with van der Waals surface area (Å²) in [6.45, 7) is 0.399. The number of fused-ring (bicyclic) bond motifs is 1. The van der Waals surface area contributed by atoms with Crippen LogP contribution in [0.15, 0.2) is 47.3 Å². The van der Waals surface area contributed by atoms with Gasteiger partial charge in [-0.2, -0.15) is 5.10 Å². The summed E-state index contributed by atoms with van der Waals surface area (Å²) in [5.41, 5.74) is 1.10. The largest absolute Gasteiger partial charge is 0.375 e. The molecule has 0 spiro atoms. The smallest absolute Gasteiger partial charge is 0.272 e. The van der Waals surface area contributed by atoms with E-state index in [4.69, 9.17) is 4.74 Å². The second kappa shape index (κ2) is 9.34. The number of hydrogen-bond donors (Lipinski definition) is 1. The average molecular weight is 426 g/mol. The van der Waals surface area contributed by atoms with Crippen molar-refractivity contribution in [2.24, 2.45) is 0 Å². The minimum atomic E-state index is -0.580. The zero-order valence-corrected chi connectivity index (χ0v) is 16.9. The van der Waals surface area contributed by atoms with Gasteiger partial charge in [-0.15, -0.1) is 0 Å². The predicted octanol–water partition coefficient (Wildman–Crippen LogP) is 3.24. The Labute approximate surface area is 177 Å². The molecule has 8 heteroatoms. The molecule has 1 fully saturated rings. The molecule has 1 saturated heterocycles. The molecular weight excluding hydrogens is 403 g/mol. The maximum atomic E-state index is 14.5. The first-order valence-corrected chi connectivity index (χ1v) is 10.3. The van der Waals surface area contributed by atoms with Crippen LogP contribution in [0.3, 0.4) is 0 Å². The normalized spacial score (nSPS) is 14.8. The Morgan fingerprint density at radius 1 is 1.16 bits per heavy atom. The van der Waals surface area contributed by atoms with E-state index in [0.29, 0.717) is 43.4 Å². The molecule has 0 radical (unpaired) electrons. The van der Waals surface area contributed by atoms with Crippen LogP contribution in [0.5, 0.6) is 0 Å². The van der Waals surface area contributed by atoms with E-state index in [1.165, 1.54) is 6.07 Å². The molecule has 0 aliphatic carbocycles. The van der Waals surface area contributed by atoms with Crippen molar-refractivity contribution in [3.8, 4) is 0 Å². The Bertz CT molecular complexity index is 1140. The number of nitrogens with one attached hydrogen (secondary N) is 1. The van der Waals surface area contributed by atoms with Crippen LogP contribution < -0.4 is 5.56 Å². The fourth-order valence-electron chi connectivity index (χ4n) is 3.95. The Morgan fingerprint density at radius 2 is 1.90 bits per heavy atom. The van der Waals surface area contributed by atoms with Gasteiger partial charge in [0.2, 0.25) is 0 Å². The lowest BCUT2D eigenvalue weighted by Crippen LogP contribution is -2.41. The number of likely N-dealkylation sites (tertiary alicyclic amines) is 1. The fourth-order valence-corrected chi connectivity index (χ4v) is 3.95. The molecule has 6 nitrogen and oxygen atoms in total. The van der Waals surface area contributed by atoms with Crippen LogP contribution >= 0.6 is 0 Å². The molecule has 1 aromatic heterocycles. The van der Waals surface area contributed by atoms with Gasteiger partial charge in [-0.25, -0.2) is 13.9 Å². The summed E-state index contributed by atoms with van der Waals surface area (Å²) in [4.78, 5) is 26.5. The Hall–Kier alpha value is -3.13. The molecule has 0 unspecified atom stereocenters. The Kier molecular flexibility index (Phi) is 6.36. The summed E-state index contributed by atoms with van der Waals surface area (Å²) in [6, 6.07) is 11.6. The highest BCUT2D eigenvalue weighted by Crippen LogP contribution is 2.21. The summed E-state index contributed by atoms with van der Waals surface area (Å²) in [7, 11) is 0. The lowest BCUT2D eigenvalue weighted by atomic mass is 10.0. The van der Waals surface area contributed by atoms with E-state index < -0.39 is 12.5 Å². The average Bonchev–Trinajstić information content (AvgIpc) is 2.81. The van der Waals surface area contributed by atoms with Crippen molar-refractivity contribution in [2.75, 3.05) is 26.4 Å². The number of aromatic nitrogens is 2. The number of alkyl halides is 1. The maximum absolute atomic E-state index is 14.5. The third kappa shape index (κ3) is 4.64. The summed E-state index contributed by atoms with van der Waals surface area (Å²) >= 11 is 0. The number of H-pyrrole nitrogens is 1. The molecule has 162 valence electrons. The van der Waals surface area contributed by atoms with Gasteiger partial charge in [0.1, 0.15) is 12.5 Å². The van der Waals surface area contributed by atoms with Gasteiger partial charge in [-0.1, -0.05) is 24.3 Å². The topological polar surface area (TPSA) is 75.3 Å². The molecule has 1 N–H and O–H groups in total. The minimum absolute atomic E-state index is 0.00866. The van der Waals surface area contributed by atoms with Crippen molar-refractivity contribution in [3.63, 3.8) is 0 Å². The van der Waals surface area contributed by atoms with Gasteiger partial charge in [0.25, 0.3) is 11.5 Å². The quantitative estimate of drug-likeness (QED) is 0.657. The molecular formula is C23H23F2N3O3. The first-order valence-electron chi connectivity index (χ1n) is 10.3. The van der Waals surface area contributed by atoms with Crippen molar-refractivity contribution in [1.82, 2.24) is 15.1 Å². The van der Waals surface area contributed by atoms with Gasteiger partial charge in [0, 0.05) is 24.9 Å². The van der Waals surface area contributed by atoms with E-state index in [-0.39, 0.29) is 29.7 Å². The summed E-state index contributed by atoms with van der Waals surface area (Å²) in [5.74, 6) is -0.952. The number of halogens is 2. The van der Waals surface area contributed by atoms with E-state index in [0.717, 1.165) is 10.9 Å². The van der Waals surface area contributed by atoms with Gasteiger partial charge < -0.3 is 9.64 Å². The first kappa shape index (κ1) is 21.1. The SMILES string of the molecule is O=C(c1cc(Cc2n[nH]c(=O)c3ccccc23)ccc1F)N1CCC(OCC[18F])CC1. The number of rotatable bonds is 6. The number of carbonyl (C=O) groups is 1. The van der Waals surface area contributed by atoms with Crippen LogP contribution in [-0.4, -0.2) is 53.5 Å². The summed E-state index contributed by atoms with van der Waals surface area (Å²) < 4.78 is 32.2. The molecule has 2 aromatic carbocycles. The van der Waals surface area contributed by atoms with Crippen LogP contribution in [0.1, 0.15) is 34.5 Å². The van der Waals surface area contributed by atoms with Crippen LogP contribution in [0.25, 0.3) is 10.8 Å². The lowest BCUT2D eigenvalue weighted by Gasteiger charge is -2.32. The number of benzene rings is 2.